The van der Waals surface area contributed by atoms with Crippen molar-refractivity contribution < 1.29 is 4.79 Å². The van der Waals surface area contributed by atoms with Crippen LogP contribution in [0.15, 0.2) is 17.5 Å². The van der Waals surface area contributed by atoms with Gasteiger partial charge >= 0.3 is 0 Å². The molecule has 2 aromatic rings. The topological polar surface area (TPSA) is 17.1 Å². The first-order valence-corrected chi connectivity index (χ1v) is 7.05. The highest BCUT2D eigenvalue weighted by Crippen LogP contribution is 2.31. The van der Waals surface area contributed by atoms with Crippen molar-refractivity contribution in [2.45, 2.75) is 5.33 Å². The highest BCUT2D eigenvalue weighted by molar-refractivity contribution is 14.1. The zero-order chi connectivity index (χ0) is 10.1. The van der Waals surface area contributed by atoms with E-state index in [2.05, 4.69) is 50.0 Å². The largest absolute Gasteiger partial charge is 0.298 e. The first-order valence-electron chi connectivity index (χ1n) is 3.97. The second-order valence-electron chi connectivity index (χ2n) is 2.90. The first kappa shape index (κ1) is 10.6. The maximum Gasteiger partial charge on any atom is 0.151 e. The summed E-state index contributed by atoms with van der Waals surface area (Å²) in [5, 5.41) is 4.06. The Hall–Kier alpha value is 0.0600. The van der Waals surface area contributed by atoms with Crippen LogP contribution in [0.2, 0.25) is 0 Å². The van der Waals surface area contributed by atoms with Gasteiger partial charge in [-0.3, -0.25) is 4.79 Å². The van der Waals surface area contributed by atoms with Crippen molar-refractivity contribution in [1.29, 1.82) is 0 Å². The molecule has 1 nitrogen and oxygen atoms in total. The van der Waals surface area contributed by atoms with Crippen LogP contribution >= 0.6 is 49.9 Å². The molecule has 0 bridgehead atoms. The molecule has 0 unspecified atom stereocenters. The zero-order valence-corrected chi connectivity index (χ0v) is 11.6. The Labute approximate surface area is 108 Å². The lowest BCUT2D eigenvalue weighted by molar-refractivity contribution is 0.112. The zero-order valence-electron chi connectivity index (χ0n) is 7.09. The third-order valence-corrected chi connectivity index (χ3v) is 5.00. The molecule has 0 aliphatic carbocycles. The lowest BCUT2D eigenvalue weighted by Gasteiger charge is -1.99. The van der Waals surface area contributed by atoms with Gasteiger partial charge < -0.3 is 0 Å². The summed E-state index contributed by atoms with van der Waals surface area (Å²) in [5.41, 5.74) is 1.95. The molecule has 0 spiro atoms. The number of benzene rings is 1. The molecule has 0 fully saturated rings. The monoisotopic (exact) mass is 380 g/mol. The number of aldehydes is 1. The van der Waals surface area contributed by atoms with Gasteiger partial charge in [0.05, 0.1) is 0 Å². The average Bonchev–Trinajstić information content (AvgIpc) is 2.59. The third kappa shape index (κ3) is 1.75. The van der Waals surface area contributed by atoms with Gasteiger partial charge in [0, 0.05) is 29.9 Å². The van der Waals surface area contributed by atoms with Crippen molar-refractivity contribution in [2.24, 2.45) is 0 Å². The molecule has 0 atom stereocenters. The van der Waals surface area contributed by atoms with Crippen molar-refractivity contribution in [2.75, 3.05) is 0 Å². The fourth-order valence-electron chi connectivity index (χ4n) is 1.36. The van der Waals surface area contributed by atoms with Crippen LogP contribution in [0.25, 0.3) is 10.1 Å². The van der Waals surface area contributed by atoms with E-state index in [1.165, 1.54) is 8.96 Å². The highest BCUT2D eigenvalue weighted by atomic mass is 127. The van der Waals surface area contributed by atoms with Gasteiger partial charge in [-0.1, -0.05) is 15.9 Å². The van der Waals surface area contributed by atoms with Crippen molar-refractivity contribution in [3.63, 3.8) is 0 Å². The van der Waals surface area contributed by atoms with Crippen LogP contribution in [0.3, 0.4) is 0 Å². The fourth-order valence-corrected chi connectivity index (χ4v) is 3.56. The fraction of sp³-hybridized carbons (Fsp3) is 0.100. The van der Waals surface area contributed by atoms with Crippen LogP contribution < -0.4 is 0 Å². The van der Waals surface area contributed by atoms with Crippen LogP contribution in [0.1, 0.15) is 15.9 Å². The van der Waals surface area contributed by atoms with E-state index >= 15 is 0 Å². The molecule has 0 saturated heterocycles. The summed E-state index contributed by atoms with van der Waals surface area (Å²) in [6.07, 6.45) is 0.932. The maximum absolute atomic E-state index is 10.9. The molecule has 0 aliphatic rings. The number of alkyl halides is 1. The second kappa shape index (κ2) is 4.28. The quantitative estimate of drug-likeness (QED) is 0.433. The summed E-state index contributed by atoms with van der Waals surface area (Å²) in [4.78, 5) is 10.9. The molecule has 1 aromatic heterocycles. The average molecular weight is 381 g/mol. The summed E-state index contributed by atoms with van der Waals surface area (Å²) < 4.78 is 2.31. The maximum atomic E-state index is 10.9. The minimum absolute atomic E-state index is 0.787. The summed E-state index contributed by atoms with van der Waals surface area (Å²) >= 11 is 7.33. The Morgan fingerprint density at radius 2 is 2.29 bits per heavy atom. The molecule has 0 saturated carbocycles. The van der Waals surface area contributed by atoms with Crippen molar-refractivity contribution in [3.8, 4) is 0 Å². The Bertz CT molecular complexity index is 492. The van der Waals surface area contributed by atoms with Gasteiger partial charge in [0.1, 0.15) is 0 Å². The summed E-state index contributed by atoms with van der Waals surface area (Å²) in [6, 6.07) is 4.08. The highest BCUT2D eigenvalue weighted by Gasteiger charge is 2.07. The minimum Gasteiger partial charge on any atom is -0.298 e. The lowest BCUT2D eigenvalue weighted by atomic mass is 10.1. The molecule has 0 radical (unpaired) electrons. The number of fused-ring (bicyclic) bond motifs is 1. The van der Waals surface area contributed by atoms with Crippen LogP contribution in [-0.2, 0) is 5.33 Å². The summed E-state index contributed by atoms with van der Waals surface area (Å²) in [7, 11) is 0. The number of halogens is 2. The van der Waals surface area contributed by atoms with Gasteiger partial charge in [-0.05, 0) is 40.3 Å². The van der Waals surface area contributed by atoms with E-state index in [9.17, 15) is 4.79 Å². The number of thiophene rings is 1. The number of carbonyl (C=O) groups excluding carboxylic acids is 1. The number of hydrogen-bond donors (Lipinski definition) is 0. The van der Waals surface area contributed by atoms with Crippen LogP contribution in [0.5, 0.6) is 0 Å². The molecule has 0 amide bonds. The number of carbonyl (C=O) groups is 1. The molecular weight excluding hydrogens is 375 g/mol. The Kier molecular flexibility index (Phi) is 3.23. The van der Waals surface area contributed by atoms with E-state index in [1.807, 2.05) is 6.07 Å². The predicted molar refractivity (Wildman–Crippen MR) is 72.6 cm³/mol. The lowest BCUT2D eigenvalue weighted by Crippen LogP contribution is -1.85. The van der Waals surface area contributed by atoms with Crippen LogP contribution in [0, 0.1) is 3.57 Å². The van der Waals surface area contributed by atoms with Gasteiger partial charge in [0.15, 0.2) is 6.29 Å². The molecule has 1 aromatic carbocycles. The molecule has 72 valence electrons. The SMILES string of the molecule is O=Cc1cc(CBr)cc2c(I)csc12. The van der Waals surface area contributed by atoms with Gasteiger partial charge in [0.25, 0.3) is 0 Å². The standard InChI is InChI=1S/C10H6BrIOS/c11-3-6-1-7(4-13)10-8(2-6)9(12)5-14-10/h1-2,4-5H,3H2. The van der Waals surface area contributed by atoms with Crippen LogP contribution in [-0.4, -0.2) is 6.29 Å². The molecule has 1 heterocycles. The van der Waals surface area contributed by atoms with E-state index in [0.717, 1.165) is 27.4 Å². The Balaban J connectivity index is 2.82. The van der Waals surface area contributed by atoms with E-state index in [1.54, 1.807) is 11.3 Å². The summed E-state index contributed by atoms with van der Waals surface area (Å²) in [5.74, 6) is 0. The van der Waals surface area contributed by atoms with E-state index < -0.39 is 0 Å². The van der Waals surface area contributed by atoms with Gasteiger partial charge in [-0.25, -0.2) is 0 Å². The predicted octanol–water partition coefficient (Wildman–Crippen LogP) is 4.21. The van der Waals surface area contributed by atoms with E-state index in [4.69, 9.17) is 0 Å². The molecule has 2 rings (SSSR count). The number of hydrogen-bond acceptors (Lipinski definition) is 2. The third-order valence-electron chi connectivity index (χ3n) is 2.00. The number of rotatable bonds is 2. The summed E-state index contributed by atoms with van der Waals surface area (Å²) in [6.45, 7) is 0. The smallest absolute Gasteiger partial charge is 0.151 e. The van der Waals surface area contributed by atoms with Crippen molar-refractivity contribution in [1.82, 2.24) is 0 Å². The molecule has 0 N–H and O–H groups in total. The normalized spacial score (nSPS) is 10.7. The molecule has 4 heteroatoms. The van der Waals surface area contributed by atoms with E-state index in [0.29, 0.717) is 0 Å². The minimum atomic E-state index is 0.787. The van der Waals surface area contributed by atoms with Gasteiger partial charge in [-0.2, -0.15) is 0 Å². The van der Waals surface area contributed by atoms with Gasteiger partial charge in [0.2, 0.25) is 0 Å². The Morgan fingerprint density at radius 3 is 2.93 bits per heavy atom. The molecule has 0 aliphatic heterocycles. The first-order chi connectivity index (χ1) is 6.76. The van der Waals surface area contributed by atoms with E-state index in [-0.39, 0.29) is 0 Å². The second-order valence-corrected chi connectivity index (χ2v) is 5.50. The van der Waals surface area contributed by atoms with Gasteiger partial charge in [-0.15, -0.1) is 11.3 Å². The van der Waals surface area contributed by atoms with Crippen LogP contribution in [0.4, 0.5) is 0 Å². The molecular formula is C10H6BrIOS. The molecule has 14 heavy (non-hydrogen) atoms. The van der Waals surface area contributed by atoms with Crippen molar-refractivity contribution >= 4 is 66.2 Å². The van der Waals surface area contributed by atoms with Crippen molar-refractivity contribution in [3.05, 3.63) is 32.2 Å². The Morgan fingerprint density at radius 1 is 1.50 bits per heavy atom.